The molecule has 8 nitrogen and oxygen atoms in total. The zero-order valence-corrected chi connectivity index (χ0v) is 18.0. The number of hydrogen-bond acceptors (Lipinski definition) is 8. The van der Waals surface area contributed by atoms with E-state index in [0.29, 0.717) is 28.4 Å². The van der Waals surface area contributed by atoms with E-state index in [-0.39, 0.29) is 11.7 Å². The number of nitrogens with zero attached hydrogens (tertiary/aromatic N) is 5. The molecule has 0 bridgehead atoms. The first-order valence-corrected chi connectivity index (χ1v) is 11.3. The highest BCUT2D eigenvalue weighted by atomic mass is 32.2. The summed E-state index contributed by atoms with van der Waals surface area (Å²) in [5.74, 6) is 1.23. The molecule has 0 unspecified atom stereocenters. The number of amides is 1. The van der Waals surface area contributed by atoms with Crippen molar-refractivity contribution in [2.24, 2.45) is 0 Å². The van der Waals surface area contributed by atoms with E-state index in [1.165, 1.54) is 23.1 Å². The molecule has 3 aromatic heterocycles. The number of thioether (sulfide) groups is 1. The van der Waals surface area contributed by atoms with Crippen molar-refractivity contribution in [3.8, 4) is 11.6 Å². The van der Waals surface area contributed by atoms with Crippen LogP contribution in [0.2, 0.25) is 0 Å². The molecule has 0 saturated carbocycles. The Labute approximate surface area is 181 Å². The third-order valence-corrected chi connectivity index (χ3v) is 6.05. The number of benzene rings is 1. The van der Waals surface area contributed by atoms with Crippen LogP contribution in [-0.4, -0.2) is 36.6 Å². The van der Waals surface area contributed by atoms with Crippen molar-refractivity contribution in [1.29, 1.82) is 0 Å². The van der Waals surface area contributed by atoms with Crippen molar-refractivity contribution in [1.82, 2.24) is 25.0 Å². The first kappa shape index (κ1) is 20.3. The summed E-state index contributed by atoms with van der Waals surface area (Å²) in [4.78, 5) is 12.3. The quantitative estimate of drug-likeness (QED) is 0.304. The molecule has 4 rings (SSSR count). The van der Waals surface area contributed by atoms with Gasteiger partial charge in [-0.3, -0.25) is 14.7 Å². The summed E-state index contributed by atoms with van der Waals surface area (Å²) in [6, 6.07) is 9.71. The molecule has 4 aromatic rings. The molecule has 10 heteroatoms. The van der Waals surface area contributed by atoms with E-state index in [1.807, 2.05) is 34.9 Å². The van der Waals surface area contributed by atoms with Gasteiger partial charge in [0.05, 0.1) is 5.75 Å². The Morgan fingerprint density at radius 2 is 2.17 bits per heavy atom. The predicted octanol–water partition coefficient (Wildman–Crippen LogP) is 4.41. The molecule has 3 heterocycles. The molecular weight excluding hydrogens is 420 g/mol. The molecule has 0 fully saturated rings. The molecule has 0 spiro atoms. The molecule has 154 valence electrons. The Hall–Kier alpha value is -2.98. The van der Waals surface area contributed by atoms with Gasteiger partial charge in [0.15, 0.2) is 10.9 Å². The Morgan fingerprint density at radius 1 is 1.30 bits per heavy atom. The van der Waals surface area contributed by atoms with Gasteiger partial charge in [0, 0.05) is 18.4 Å². The summed E-state index contributed by atoms with van der Waals surface area (Å²) in [6.45, 7) is 6.39. The fraction of sp³-hybridized carbons (Fsp3) is 0.250. The normalized spacial score (nSPS) is 11.1. The second kappa shape index (κ2) is 9.23. The number of carbonyl (C=O) groups excluding carboxylic acids is 1. The monoisotopic (exact) mass is 440 g/mol. The van der Waals surface area contributed by atoms with Gasteiger partial charge in [-0.25, -0.2) is 0 Å². The van der Waals surface area contributed by atoms with E-state index in [0.717, 1.165) is 28.8 Å². The lowest BCUT2D eigenvalue weighted by Gasteiger charge is -2.06. The van der Waals surface area contributed by atoms with E-state index >= 15 is 0 Å². The van der Waals surface area contributed by atoms with E-state index < -0.39 is 0 Å². The number of aromatic nitrogens is 5. The number of aryl methyl sites for hydroxylation is 1. The van der Waals surface area contributed by atoms with Crippen molar-refractivity contribution >= 4 is 45.1 Å². The summed E-state index contributed by atoms with van der Waals surface area (Å²) in [7, 11) is 0. The largest absolute Gasteiger partial charge is 0.453 e. The molecule has 1 N–H and O–H groups in total. The van der Waals surface area contributed by atoms with Gasteiger partial charge >= 0.3 is 0 Å². The fourth-order valence-electron chi connectivity index (χ4n) is 2.87. The van der Waals surface area contributed by atoms with Crippen LogP contribution in [0.25, 0.3) is 22.6 Å². The minimum atomic E-state index is -0.169. The van der Waals surface area contributed by atoms with Crippen molar-refractivity contribution < 1.29 is 9.21 Å². The third kappa shape index (κ3) is 4.44. The van der Waals surface area contributed by atoms with E-state index in [4.69, 9.17) is 4.42 Å². The van der Waals surface area contributed by atoms with E-state index in [1.54, 1.807) is 6.08 Å². The summed E-state index contributed by atoms with van der Waals surface area (Å²) >= 11 is 2.70. The van der Waals surface area contributed by atoms with Crippen molar-refractivity contribution in [3.63, 3.8) is 0 Å². The number of hydrogen-bond donors (Lipinski definition) is 1. The highest BCUT2D eigenvalue weighted by molar-refractivity contribution is 7.99. The zero-order valence-electron chi connectivity index (χ0n) is 16.4. The summed E-state index contributed by atoms with van der Waals surface area (Å²) in [5, 5.41) is 22.4. The molecule has 0 atom stereocenters. The number of allylic oxidation sites excluding steroid dienone is 1. The SMILES string of the molecule is C=CCn1c(SCC(=O)Nc2nnc(CCC)s2)nnc1-c1cc2ccccc2o1. The van der Waals surface area contributed by atoms with E-state index in [9.17, 15) is 4.79 Å². The average molecular weight is 441 g/mol. The van der Waals surface area contributed by atoms with Gasteiger partial charge < -0.3 is 4.42 Å². The van der Waals surface area contributed by atoms with E-state index in [2.05, 4.69) is 39.2 Å². The maximum Gasteiger partial charge on any atom is 0.236 e. The molecule has 30 heavy (non-hydrogen) atoms. The number of rotatable bonds is 9. The lowest BCUT2D eigenvalue weighted by Crippen LogP contribution is -2.14. The maximum absolute atomic E-state index is 12.3. The van der Waals surface area contributed by atoms with Gasteiger partial charge in [0.25, 0.3) is 0 Å². The number of carbonyl (C=O) groups is 1. The molecule has 0 aliphatic carbocycles. The van der Waals surface area contributed by atoms with Gasteiger partial charge in [-0.05, 0) is 18.6 Å². The Morgan fingerprint density at radius 3 is 2.97 bits per heavy atom. The second-order valence-electron chi connectivity index (χ2n) is 6.44. The minimum Gasteiger partial charge on any atom is -0.453 e. The standard InChI is InChI=1S/C20H20N6O2S2/c1-3-7-17-22-24-19(30-17)21-16(27)12-29-20-25-23-18(26(20)10-4-2)15-11-13-8-5-6-9-14(13)28-15/h4-6,8-9,11H,2-3,7,10,12H2,1H3,(H,21,24,27). The Kier molecular flexibility index (Phi) is 6.24. The van der Waals surface area contributed by atoms with Crippen molar-refractivity contribution in [2.45, 2.75) is 31.5 Å². The molecule has 1 amide bonds. The molecule has 1 aromatic carbocycles. The van der Waals surface area contributed by atoms with Crippen molar-refractivity contribution in [2.75, 3.05) is 11.1 Å². The van der Waals surface area contributed by atoms with Crippen LogP contribution >= 0.6 is 23.1 Å². The lowest BCUT2D eigenvalue weighted by molar-refractivity contribution is -0.113. The first-order chi connectivity index (χ1) is 14.7. The molecular formula is C20H20N6O2S2. The van der Waals surface area contributed by atoms with Gasteiger partial charge in [-0.15, -0.1) is 27.0 Å². The van der Waals surface area contributed by atoms with Crippen LogP contribution in [0.15, 0.2) is 52.6 Å². The number of anilines is 1. The molecule has 0 aliphatic rings. The minimum absolute atomic E-state index is 0.169. The molecule has 0 saturated heterocycles. The Balaban J connectivity index is 1.47. The Bertz CT molecular complexity index is 1150. The predicted molar refractivity (Wildman–Crippen MR) is 119 cm³/mol. The smallest absolute Gasteiger partial charge is 0.236 e. The zero-order chi connectivity index (χ0) is 20.9. The van der Waals surface area contributed by atoms with Crippen molar-refractivity contribution in [3.05, 3.63) is 48.0 Å². The average Bonchev–Trinajstić information content (AvgIpc) is 3.45. The highest BCUT2D eigenvalue weighted by Gasteiger charge is 2.18. The number of nitrogens with one attached hydrogen (secondary N) is 1. The van der Waals surface area contributed by atoms with Gasteiger partial charge in [-0.1, -0.05) is 54.3 Å². The van der Waals surface area contributed by atoms with Gasteiger partial charge in [-0.2, -0.15) is 0 Å². The third-order valence-electron chi connectivity index (χ3n) is 4.18. The summed E-state index contributed by atoms with van der Waals surface area (Å²) in [5.41, 5.74) is 0.786. The molecule has 0 aliphatic heterocycles. The topological polar surface area (TPSA) is 98.7 Å². The van der Waals surface area contributed by atoms with Gasteiger partial charge in [0.1, 0.15) is 10.6 Å². The summed E-state index contributed by atoms with van der Waals surface area (Å²) < 4.78 is 7.80. The van der Waals surface area contributed by atoms with Crippen LogP contribution in [0.1, 0.15) is 18.4 Å². The van der Waals surface area contributed by atoms with Crippen LogP contribution < -0.4 is 5.32 Å². The van der Waals surface area contributed by atoms with Crippen LogP contribution in [0.5, 0.6) is 0 Å². The second-order valence-corrected chi connectivity index (χ2v) is 8.45. The lowest BCUT2D eigenvalue weighted by atomic mass is 10.2. The first-order valence-electron chi connectivity index (χ1n) is 9.46. The number of furan rings is 1. The van der Waals surface area contributed by atoms with Crippen LogP contribution in [0, 0.1) is 0 Å². The van der Waals surface area contributed by atoms with Crippen LogP contribution in [0.4, 0.5) is 5.13 Å². The fourth-order valence-corrected chi connectivity index (χ4v) is 4.47. The van der Waals surface area contributed by atoms with Crippen LogP contribution in [-0.2, 0) is 17.8 Å². The van der Waals surface area contributed by atoms with Gasteiger partial charge in [0.2, 0.25) is 16.9 Å². The molecule has 0 radical (unpaired) electrons. The maximum atomic E-state index is 12.3. The highest BCUT2D eigenvalue weighted by Crippen LogP contribution is 2.29. The van der Waals surface area contributed by atoms with Crippen LogP contribution in [0.3, 0.4) is 0 Å². The summed E-state index contributed by atoms with van der Waals surface area (Å²) in [6.07, 6.45) is 3.61. The number of fused-ring (bicyclic) bond motifs is 1. The number of para-hydroxylation sites is 1.